The van der Waals surface area contributed by atoms with Gasteiger partial charge in [-0.05, 0) is 32.1 Å². The Kier molecular flexibility index (Phi) is 6.80. The number of benzene rings is 1. The fourth-order valence-electron chi connectivity index (χ4n) is 2.79. The number of anilines is 1. The summed E-state index contributed by atoms with van der Waals surface area (Å²) in [7, 11) is 0.167. The summed E-state index contributed by atoms with van der Waals surface area (Å²) in [6, 6.07) is 6.74. The Hall–Kier alpha value is -1.64. The second-order valence-corrected chi connectivity index (χ2v) is 8.52. The molecule has 0 unspecified atom stereocenters. The fourth-order valence-corrected chi connectivity index (χ4v) is 3.31. The number of sulfonamides is 1. The van der Waals surface area contributed by atoms with E-state index < -0.39 is 10.0 Å². The molecule has 1 aliphatic rings. The van der Waals surface area contributed by atoms with E-state index in [1.807, 2.05) is 0 Å². The molecule has 1 amide bonds. The number of amides is 1. The maximum Gasteiger partial charge on any atom is 0.253 e. The Morgan fingerprint density at radius 3 is 2.48 bits per heavy atom. The molecule has 0 aromatic heterocycles. The molecule has 0 saturated carbocycles. The highest BCUT2D eigenvalue weighted by atomic mass is 32.2. The van der Waals surface area contributed by atoms with Crippen LogP contribution in [-0.2, 0) is 10.0 Å². The van der Waals surface area contributed by atoms with Crippen LogP contribution in [0.1, 0.15) is 16.8 Å². The van der Waals surface area contributed by atoms with Crippen LogP contribution in [-0.4, -0.2) is 83.7 Å². The third kappa shape index (κ3) is 5.69. The summed E-state index contributed by atoms with van der Waals surface area (Å²) in [5.74, 6) is -0.246. The number of hydrogen-bond donors (Lipinski definition) is 1. The van der Waals surface area contributed by atoms with Gasteiger partial charge in [0.15, 0.2) is 0 Å². The fraction of sp³-hybridized carbons (Fsp3) is 0.588. The molecule has 1 aromatic carbocycles. The zero-order valence-electron chi connectivity index (χ0n) is 15.2. The highest BCUT2D eigenvalue weighted by Gasteiger charge is 2.19. The van der Waals surface area contributed by atoms with Gasteiger partial charge >= 0.3 is 0 Å². The van der Waals surface area contributed by atoms with Gasteiger partial charge < -0.3 is 15.1 Å². The van der Waals surface area contributed by atoms with Gasteiger partial charge in [-0.2, -0.15) is 0 Å². The summed E-state index contributed by atoms with van der Waals surface area (Å²) in [6.07, 6.45) is 2.00. The number of likely N-dealkylation sites (N-methyl/N-ethyl adjacent to an activating group) is 1. The van der Waals surface area contributed by atoms with E-state index in [1.165, 1.54) is 7.05 Å². The van der Waals surface area contributed by atoms with Crippen molar-refractivity contribution in [2.45, 2.75) is 6.42 Å². The van der Waals surface area contributed by atoms with Crippen molar-refractivity contribution in [1.29, 1.82) is 0 Å². The third-order valence-electron chi connectivity index (χ3n) is 4.52. The molecule has 140 valence electrons. The maximum absolute atomic E-state index is 12.4. The van der Waals surface area contributed by atoms with E-state index in [0.29, 0.717) is 17.8 Å². The molecule has 2 rings (SSSR count). The lowest BCUT2D eigenvalue weighted by Crippen LogP contribution is -2.45. The summed E-state index contributed by atoms with van der Waals surface area (Å²) in [6.45, 7) is 5.81. The molecule has 1 saturated heterocycles. The van der Waals surface area contributed by atoms with Crippen molar-refractivity contribution < 1.29 is 13.2 Å². The normalized spacial score (nSPS) is 16.6. The van der Waals surface area contributed by atoms with Crippen molar-refractivity contribution in [2.24, 2.45) is 0 Å². The number of carbonyl (C=O) groups is 1. The first kappa shape index (κ1) is 19.7. The second-order valence-electron chi connectivity index (χ2n) is 6.50. The van der Waals surface area contributed by atoms with Gasteiger partial charge in [0, 0.05) is 39.8 Å². The minimum absolute atomic E-state index is 0.246. The first-order chi connectivity index (χ1) is 11.8. The van der Waals surface area contributed by atoms with E-state index in [0.717, 1.165) is 49.7 Å². The van der Waals surface area contributed by atoms with E-state index >= 15 is 0 Å². The molecule has 0 radical (unpaired) electrons. The Morgan fingerprint density at radius 2 is 1.84 bits per heavy atom. The van der Waals surface area contributed by atoms with Crippen LogP contribution in [0.3, 0.4) is 0 Å². The molecule has 25 heavy (non-hydrogen) atoms. The summed E-state index contributed by atoms with van der Waals surface area (Å²) < 4.78 is 24.6. The van der Waals surface area contributed by atoms with E-state index in [9.17, 15) is 13.2 Å². The topological polar surface area (TPSA) is 73.0 Å². The quantitative estimate of drug-likeness (QED) is 0.708. The average Bonchev–Trinajstić information content (AvgIpc) is 2.58. The van der Waals surface area contributed by atoms with E-state index in [4.69, 9.17) is 0 Å². The molecular formula is C17H28N4O3S. The van der Waals surface area contributed by atoms with Crippen LogP contribution in [0.4, 0.5) is 5.69 Å². The van der Waals surface area contributed by atoms with Gasteiger partial charge in [-0.15, -0.1) is 0 Å². The Bertz CT molecular complexity index is 685. The second kappa shape index (κ2) is 8.64. The molecule has 1 heterocycles. The Morgan fingerprint density at radius 1 is 1.20 bits per heavy atom. The molecule has 8 heteroatoms. The largest absolute Gasteiger partial charge is 0.352 e. The van der Waals surface area contributed by atoms with E-state index in [2.05, 4.69) is 22.2 Å². The summed E-state index contributed by atoms with van der Waals surface area (Å²) >= 11 is 0. The van der Waals surface area contributed by atoms with Gasteiger partial charge in [0.25, 0.3) is 5.91 Å². The molecule has 1 fully saturated rings. The molecule has 1 aromatic rings. The predicted octanol–water partition coefficient (Wildman–Crippen LogP) is 0.450. The summed E-state index contributed by atoms with van der Waals surface area (Å²) in [5, 5.41) is 2.90. The maximum atomic E-state index is 12.4. The SMILES string of the molecule is CN1CCN(CCCNC(=O)c2ccccc2N(C)S(C)(=O)=O)CC1. The van der Waals surface area contributed by atoms with Gasteiger partial charge in [-0.3, -0.25) is 9.10 Å². The zero-order chi connectivity index (χ0) is 18.4. The number of carbonyl (C=O) groups excluding carboxylic acids is 1. The molecular weight excluding hydrogens is 340 g/mol. The van der Waals surface area contributed by atoms with E-state index in [-0.39, 0.29) is 5.91 Å². The lowest BCUT2D eigenvalue weighted by atomic mass is 10.1. The standard InChI is InChI=1S/C17H28N4O3S/c1-19-11-13-21(14-12-19)10-6-9-18-17(22)15-7-4-5-8-16(15)20(2)25(3,23)24/h4-5,7-8H,6,9-14H2,1-3H3,(H,18,22). The van der Waals surface area contributed by atoms with Crippen molar-refractivity contribution in [1.82, 2.24) is 15.1 Å². The number of hydrogen-bond acceptors (Lipinski definition) is 5. The van der Waals surface area contributed by atoms with Crippen LogP contribution in [0.15, 0.2) is 24.3 Å². The van der Waals surface area contributed by atoms with Crippen LogP contribution in [0.2, 0.25) is 0 Å². The van der Waals surface area contributed by atoms with Gasteiger partial charge in [0.05, 0.1) is 17.5 Å². The third-order valence-corrected chi connectivity index (χ3v) is 5.71. The zero-order valence-corrected chi connectivity index (χ0v) is 16.1. The van der Waals surface area contributed by atoms with Crippen molar-refractivity contribution >= 4 is 21.6 Å². The smallest absolute Gasteiger partial charge is 0.253 e. The summed E-state index contributed by atoms with van der Waals surface area (Å²) in [5.41, 5.74) is 0.761. The minimum Gasteiger partial charge on any atom is -0.352 e. The molecule has 1 aliphatic heterocycles. The van der Waals surface area contributed by atoms with Crippen molar-refractivity contribution in [3.8, 4) is 0 Å². The molecule has 7 nitrogen and oxygen atoms in total. The van der Waals surface area contributed by atoms with Crippen LogP contribution >= 0.6 is 0 Å². The lowest BCUT2D eigenvalue weighted by molar-refractivity contribution is 0.0950. The van der Waals surface area contributed by atoms with Crippen molar-refractivity contribution in [3.05, 3.63) is 29.8 Å². The number of piperazine rings is 1. The summed E-state index contributed by atoms with van der Waals surface area (Å²) in [4.78, 5) is 17.2. The molecule has 0 atom stereocenters. The molecule has 1 N–H and O–H groups in total. The van der Waals surface area contributed by atoms with Crippen LogP contribution in [0, 0.1) is 0 Å². The molecule has 0 bridgehead atoms. The van der Waals surface area contributed by atoms with Crippen LogP contribution in [0.25, 0.3) is 0 Å². The van der Waals surface area contributed by atoms with E-state index in [1.54, 1.807) is 24.3 Å². The monoisotopic (exact) mass is 368 g/mol. The van der Waals surface area contributed by atoms with Gasteiger partial charge in [0.1, 0.15) is 0 Å². The van der Waals surface area contributed by atoms with Gasteiger partial charge in [0.2, 0.25) is 10.0 Å². The van der Waals surface area contributed by atoms with Gasteiger partial charge in [-0.1, -0.05) is 12.1 Å². The Labute approximate surface area is 150 Å². The number of nitrogens with one attached hydrogen (secondary N) is 1. The molecule has 0 spiro atoms. The minimum atomic E-state index is -3.41. The van der Waals surface area contributed by atoms with Crippen LogP contribution in [0.5, 0.6) is 0 Å². The predicted molar refractivity (Wildman–Crippen MR) is 101 cm³/mol. The highest BCUT2D eigenvalue weighted by Crippen LogP contribution is 2.21. The van der Waals surface area contributed by atoms with Crippen molar-refractivity contribution in [2.75, 3.05) is 63.9 Å². The first-order valence-corrected chi connectivity index (χ1v) is 10.4. The number of rotatable bonds is 7. The highest BCUT2D eigenvalue weighted by molar-refractivity contribution is 7.92. The van der Waals surface area contributed by atoms with Gasteiger partial charge in [-0.25, -0.2) is 8.42 Å². The average molecular weight is 369 g/mol. The first-order valence-electron chi connectivity index (χ1n) is 8.51. The molecule has 0 aliphatic carbocycles. The van der Waals surface area contributed by atoms with Crippen molar-refractivity contribution in [3.63, 3.8) is 0 Å². The number of para-hydroxylation sites is 1. The lowest BCUT2D eigenvalue weighted by Gasteiger charge is -2.32. The Balaban J connectivity index is 1.87. The number of nitrogens with zero attached hydrogens (tertiary/aromatic N) is 3. The van der Waals surface area contributed by atoms with Crippen LogP contribution < -0.4 is 9.62 Å².